The fourth-order valence-electron chi connectivity index (χ4n) is 3.19. The molecule has 1 heterocycles. The molecule has 4 nitrogen and oxygen atoms in total. The maximum atomic E-state index is 12.7. The Bertz CT molecular complexity index is 920. The zero-order valence-corrected chi connectivity index (χ0v) is 15.4. The van der Waals surface area contributed by atoms with Gasteiger partial charge in [0.25, 0.3) is 0 Å². The lowest BCUT2D eigenvalue weighted by atomic mass is 10.1. The molecule has 5 heteroatoms. The molecule has 2 N–H and O–H groups in total. The number of rotatable bonds is 4. The molecule has 0 bridgehead atoms. The number of aromatic amines is 1. The van der Waals surface area contributed by atoms with E-state index >= 15 is 0 Å². The van der Waals surface area contributed by atoms with Crippen LogP contribution in [-0.4, -0.2) is 16.1 Å². The third-order valence-corrected chi connectivity index (χ3v) is 5.14. The summed E-state index contributed by atoms with van der Waals surface area (Å²) in [5.41, 5.74) is 4.62. The maximum absolute atomic E-state index is 12.7. The van der Waals surface area contributed by atoms with Crippen molar-refractivity contribution in [1.82, 2.24) is 10.2 Å². The van der Waals surface area contributed by atoms with Crippen LogP contribution in [0.15, 0.2) is 59.1 Å². The molecule has 4 rings (SSSR count). The van der Waals surface area contributed by atoms with Crippen LogP contribution in [0.25, 0.3) is 11.3 Å². The van der Waals surface area contributed by atoms with Crippen molar-refractivity contribution in [3.05, 3.63) is 70.3 Å². The van der Waals surface area contributed by atoms with Crippen LogP contribution in [-0.2, 0) is 4.79 Å². The van der Waals surface area contributed by atoms with Crippen molar-refractivity contribution in [1.29, 1.82) is 0 Å². The lowest BCUT2D eigenvalue weighted by Crippen LogP contribution is -2.15. The van der Waals surface area contributed by atoms with E-state index in [1.165, 1.54) is 5.56 Å². The molecule has 0 saturated heterocycles. The number of anilines is 1. The zero-order chi connectivity index (χ0) is 17.4. The first-order valence-electron chi connectivity index (χ1n) is 8.30. The number of aryl methyl sites for hydroxylation is 1. The number of H-pyrrole nitrogens is 1. The lowest BCUT2D eigenvalue weighted by Gasteiger charge is -2.07. The topological polar surface area (TPSA) is 57.8 Å². The van der Waals surface area contributed by atoms with Crippen molar-refractivity contribution in [2.75, 3.05) is 5.32 Å². The Hall–Kier alpha value is -2.40. The van der Waals surface area contributed by atoms with E-state index in [2.05, 4.69) is 43.6 Å². The number of carbonyl (C=O) groups excluding carboxylic acids is 1. The second-order valence-corrected chi connectivity index (χ2v) is 7.35. The van der Waals surface area contributed by atoms with E-state index in [4.69, 9.17) is 0 Å². The van der Waals surface area contributed by atoms with E-state index in [-0.39, 0.29) is 11.8 Å². The van der Waals surface area contributed by atoms with Crippen LogP contribution in [0.3, 0.4) is 0 Å². The third-order valence-electron chi connectivity index (χ3n) is 4.65. The Kier molecular flexibility index (Phi) is 4.17. The molecule has 2 atom stereocenters. The standard InChI is InChI=1S/C20H18BrN3O/c1-12-18(19(24-23-12)13-6-3-2-4-7-13)22-20(25)17-11-16(17)14-8-5-9-15(21)10-14/h2-10,16-17H,11H2,1H3,(H,22,25)(H,23,24)/t16-,17-/m0/s1. The molecular formula is C20H18BrN3O. The van der Waals surface area contributed by atoms with Crippen molar-refractivity contribution in [3.8, 4) is 11.3 Å². The fraction of sp³-hybridized carbons (Fsp3) is 0.200. The van der Waals surface area contributed by atoms with Crippen LogP contribution in [0, 0.1) is 12.8 Å². The molecule has 1 saturated carbocycles. The second kappa shape index (κ2) is 6.48. The number of aromatic nitrogens is 2. The van der Waals surface area contributed by atoms with Gasteiger partial charge in [-0.2, -0.15) is 5.10 Å². The summed E-state index contributed by atoms with van der Waals surface area (Å²) in [6.45, 7) is 1.92. The summed E-state index contributed by atoms with van der Waals surface area (Å²) in [6, 6.07) is 18.1. The SMILES string of the molecule is Cc1[nH]nc(-c2ccccc2)c1NC(=O)[C@H]1C[C@H]1c1cccc(Br)c1. The average molecular weight is 396 g/mol. The fourth-order valence-corrected chi connectivity index (χ4v) is 3.61. The molecule has 1 aliphatic rings. The highest BCUT2D eigenvalue weighted by Gasteiger charge is 2.44. The highest BCUT2D eigenvalue weighted by molar-refractivity contribution is 9.10. The van der Waals surface area contributed by atoms with Crippen molar-refractivity contribution < 1.29 is 4.79 Å². The van der Waals surface area contributed by atoms with Gasteiger partial charge in [-0.15, -0.1) is 0 Å². The van der Waals surface area contributed by atoms with Crippen molar-refractivity contribution >= 4 is 27.5 Å². The van der Waals surface area contributed by atoms with Gasteiger partial charge in [0.15, 0.2) is 0 Å². The van der Waals surface area contributed by atoms with Gasteiger partial charge in [-0.05, 0) is 37.0 Å². The van der Waals surface area contributed by atoms with Crippen LogP contribution >= 0.6 is 15.9 Å². The largest absolute Gasteiger partial charge is 0.322 e. The minimum atomic E-state index is 0.0206. The molecule has 2 aromatic carbocycles. The van der Waals surface area contributed by atoms with Gasteiger partial charge in [0.2, 0.25) is 5.91 Å². The number of halogens is 1. The molecule has 0 aliphatic heterocycles. The first kappa shape index (κ1) is 16.1. The molecular weight excluding hydrogens is 378 g/mol. The minimum Gasteiger partial charge on any atom is -0.322 e. The Morgan fingerprint density at radius 2 is 2.00 bits per heavy atom. The summed E-state index contributed by atoms with van der Waals surface area (Å²) >= 11 is 3.50. The smallest absolute Gasteiger partial charge is 0.228 e. The maximum Gasteiger partial charge on any atom is 0.228 e. The molecule has 0 radical (unpaired) electrons. The van der Waals surface area contributed by atoms with Crippen molar-refractivity contribution in [2.45, 2.75) is 19.3 Å². The molecule has 1 amide bonds. The normalized spacial score (nSPS) is 18.8. The molecule has 0 spiro atoms. The first-order chi connectivity index (χ1) is 12.1. The van der Waals surface area contributed by atoms with E-state index in [0.717, 1.165) is 33.5 Å². The van der Waals surface area contributed by atoms with Crippen LogP contribution in [0.5, 0.6) is 0 Å². The van der Waals surface area contributed by atoms with Gasteiger partial charge in [-0.3, -0.25) is 9.89 Å². The van der Waals surface area contributed by atoms with Gasteiger partial charge in [0.1, 0.15) is 5.69 Å². The average Bonchev–Trinajstić information content (AvgIpc) is 3.35. The van der Waals surface area contributed by atoms with E-state index in [9.17, 15) is 4.79 Å². The summed E-state index contributed by atoms with van der Waals surface area (Å²) < 4.78 is 1.05. The van der Waals surface area contributed by atoms with E-state index < -0.39 is 0 Å². The highest BCUT2D eigenvalue weighted by Crippen LogP contribution is 2.48. The van der Waals surface area contributed by atoms with E-state index in [1.54, 1.807) is 0 Å². The quantitative estimate of drug-likeness (QED) is 0.660. The molecule has 0 unspecified atom stereocenters. The number of nitrogens with zero attached hydrogens (tertiary/aromatic N) is 1. The Morgan fingerprint density at radius 1 is 1.20 bits per heavy atom. The summed E-state index contributed by atoms with van der Waals surface area (Å²) in [4.78, 5) is 12.7. The second-order valence-electron chi connectivity index (χ2n) is 6.43. The number of carbonyl (C=O) groups is 1. The Labute approximate surface area is 154 Å². The molecule has 3 aromatic rings. The molecule has 1 fully saturated rings. The zero-order valence-electron chi connectivity index (χ0n) is 13.8. The van der Waals surface area contributed by atoms with Gasteiger partial charge in [-0.1, -0.05) is 58.4 Å². The lowest BCUT2D eigenvalue weighted by molar-refractivity contribution is -0.117. The molecule has 1 aromatic heterocycles. The van der Waals surface area contributed by atoms with Gasteiger partial charge in [0, 0.05) is 16.0 Å². The highest BCUT2D eigenvalue weighted by atomic mass is 79.9. The summed E-state index contributed by atoms with van der Waals surface area (Å²) in [5, 5.41) is 10.4. The number of hydrogen-bond donors (Lipinski definition) is 2. The van der Waals surface area contributed by atoms with E-state index in [1.807, 2.05) is 49.4 Å². The molecule has 1 aliphatic carbocycles. The predicted octanol–water partition coefficient (Wildman–Crippen LogP) is 4.89. The Balaban J connectivity index is 1.52. The van der Waals surface area contributed by atoms with Crippen LogP contribution < -0.4 is 5.32 Å². The monoisotopic (exact) mass is 395 g/mol. The van der Waals surface area contributed by atoms with Crippen molar-refractivity contribution in [3.63, 3.8) is 0 Å². The number of amides is 1. The van der Waals surface area contributed by atoms with Crippen LogP contribution in [0.4, 0.5) is 5.69 Å². The summed E-state index contributed by atoms with van der Waals surface area (Å²) in [7, 11) is 0. The molecule has 25 heavy (non-hydrogen) atoms. The number of hydrogen-bond acceptors (Lipinski definition) is 2. The minimum absolute atomic E-state index is 0.0206. The predicted molar refractivity (Wildman–Crippen MR) is 102 cm³/mol. The first-order valence-corrected chi connectivity index (χ1v) is 9.09. The molecule has 126 valence electrons. The summed E-state index contributed by atoms with van der Waals surface area (Å²) in [6.07, 6.45) is 0.889. The van der Waals surface area contributed by atoms with Gasteiger partial charge >= 0.3 is 0 Å². The number of nitrogens with one attached hydrogen (secondary N) is 2. The van der Waals surface area contributed by atoms with Gasteiger partial charge in [-0.25, -0.2) is 0 Å². The Morgan fingerprint density at radius 3 is 2.76 bits per heavy atom. The van der Waals surface area contributed by atoms with Crippen LogP contribution in [0.2, 0.25) is 0 Å². The van der Waals surface area contributed by atoms with Crippen LogP contribution in [0.1, 0.15) is 23.6 Å². The number of benzene rings is 2. The summed E-state index contributed by atoms with van der Waals surface area (Å²) in [5.74, 6) is 0.378. The van der Waals surface area contributed by atoms with Gasteiger partial charge in [0.05, 0.1) is 11.4 Å². The van der Waals surface area contributed by atoms with E-state index in [0.29, 0.717) is 5.92 Å². The third kappa shape index (κ3) is 3.24. The van der Waals surface area contributed by atoms with Gasteiger partial charge < -0.3 is 5.32 Å². The van der Waals surface area contributed by atoms with Crippen molar-refractivity contribution in [2.24, 2.45) is 5.92 Å².